The van der Waals surface area contributed by atoms with Crippen LogP contribution in [0.15, 0.2) is 147 Å². The van der Waals surface area contributed by atoms with Crippen molar-refractivity contribution in [1.29, 1.82) is 0 Å². The molecule has 0 N–H and O–H groups in total. The molecule has 0 atom stereocenters. The van der Waals surface area contributed by atoms with Crippen LogP contribution < -0.4 is 5.43 Å². The Morgan fingerprint density at radius 3 is 1.17 bits per heavy atom. The van der Waals surface area contributed by atoms with Crippen molar-refractivity contribution >= 4 is 32.7 Å². The highest BCUT2D eigenvalue weighted by atomic mass is 16.3. The second kappa shape index (κ2) is 9.40. The van der Waals surface area contributed by atoms with Crippen molar-refractivity contribution in [2.45, 2.75) is 0 Å². The molecule has 0 aliphatic rings. The predicted molar refractivity (Wildman–Crippen MR) is 147 cm³/mol. The normalized spacial score (nSPS) is 10.9. The summed E-state index contributed by atoms with van der Waals surface area (Å²) in [7, 11) is 0. The van der Waals surface area contributed by atoms with Gasteiger partial charge in [0.2, 0.25) is 5.43 Å². The summed E-state index contributed by atoms with van der Waals surface area (Å²) in [5, 5.41) is 3.58. The van der Waals surface area contributed by atoms with E-state index in [0.29, 0.717) is 21.9 Å². The zero-order valence-corrected chi connectivity index (χ0v) is 19.4. The summed E-state index contributed by atoms with van der Waals surface area (Å²) in [5.74, 6) is 1.87. The average Bonchev–Trinajstić information content (AvgIpc) is 3.34. The van der Waals surface area contributed by atoms with E-state index in [1.807, 2.05) is 72.8 Å². The van der Waals surface area contributed by atoms with E-state index in [0.717, 1.165) is 33.4 Å². The van der Waals surface area contributed by atoms with Crippen molar-refractivity contribution < 1.29 is 8.83 Å². The molecule has 0 spiro atoms. The molecule has 0 unspecified atom stereocenters. The molecule has 7 aromatic rings. The van der Waals surface area contributed by atoms with Crippen molar-refractivity contribution in [3.63, 3.8) is 0 Å². The molecule has 5 aromatic carbocycles. The molecule has 2 heterocycles. The summed E-state index contributed by atoms with van der Waals surface area (Å²) in [6, 6.07) is 43.5. The van der Waals surface area contributed by atoms with Gasteiger partial charge < -0.3 is 8.83 Å². The molecular formula is C33H22O3. The van der Waals surface area contributed by atoms with Crippen LogP contribution in [0.2, 0.25) is 0 Å². The third kappa shape index (κ3) is 3.97. The molecule has 172 valence electrons. The Hall–Kier alpha value is -4.89. The Labute approximate surface area is 207 Å². The van der Waals surface area contributed by atoms with Crippen LogP contribution in [0.4, 0.5) is 0 Å². The first kappa shape index (κ1) is 21.6. The summed E-state index contributed by atoms with van der Waals surface area (Å²) >= 11 is 0. The maximum Gasteiger partial charge on any atom is 0.200 e. The molecule has 3 nitrogen and oxygen atoms in total. The first-order valence-corrected chi connectivity index (χ1v) is 11.8. The summed E-state index contributed by atoms with van der Waals surface area (Å²) in [6.45, 7) is 0. The monoisotopic (exact) mass is 466 g/mol. The van der Waals surface area contributed by atoms with E-state index in [1.165, 1.54) is 0 Å². The number of hydrogen-bond acceptors (Lipinski definition) is 3. The third-order valence-corrected chi connectivity index (χ3v) is 6.18. The standard InChI is InChI=1S/C20H14O.C13H8O2/c1-3-9-15(10-4-1)19-17-13-7-8-14-18(17)20(21-19)16-11-5-2-6-12-16;14-13-9-5-1-3-7-11(9)15-12-8-4-2-6-10(12)13/h1-14H;1-8H. The lowest BCUT2D eigenvalue weighted by atomic mass is 10.0. The maximum absolute atomic E-state index is 12.0. The van der Waals surface area contributed by atoms with E-state index in [2.05, 4.69) is 48.5 Å². The third-order valence-electron chi connectivity index (χ3n) is 6.18. The first-order chi connectivity index (χ1) is 17.8. The fourth-order valence-electron chi connectivity index (χ4n) is 4.45. The van der Waals surface area contributed by atoms with Crippen LogP contribution in [0.1, 0.15) is 0 Å². The Morgan fingerprint density at radius 1 is 0.361 bits per heavy atom. The van der Waals surface area contributed by atoms with Crippen LogP contribution in [0.25, 0.3) is 55.4 Å². The van der Waals surface area contributed by atoms with Crippen LogP contribution in [0.3, 0.4) is 0 Å². The lowest BCUT2D eigenvalue weighted by Crippen LogP contribution is -2.01. The van der Waals surface area contributed by atoms with Gasteiger partial charge in [0.25, 0.3) is 0 Å². The van der Waals surface area contributed by atoms with Crippen molar-refractivity contribution in [3.8, 4) is 22.6 Å². The van der Waals surface area contributed by atoms with E-state index >= 15 is 0 Å². The lowest BCUT2D eigenvalue weighted by molar-refractivity contribution is 0.602. The zero-order chi connectivity index (χ0) is 24.3. The summed E-state index contributed by atoms with van der Waals surface area (Å²) in [4.78, 5) is 12.0. The van der Waals surface area contributed by atoms with Crippen LogP contribution in [-0.2, 0) is 0 Å². The number of furan rings is 1. The molecule has 0 fully saturated rings. The smallest absolute Gasteiger partial charge is 0.200 e. The van der Waals surface area contributed by atoms with Gasteiger partial charge in [-0.25, -0.2) is 0 Å². The molecule has 3 heteroatoms. The summed E-state index contributed by atoms with van der Waals surface area (Å²) < 4.78 is 11.9. The maximum atomic E-state index is 12.0. The van der Waals surface area contributed by atoms with Crippen molar-refractivity contribution in [1.82, 2.24) is 0 Å². The van der Waals surface area contributed by atoms with Gasteiger partial charge in [-0.15, -0.1) is 0 Å². The molecular weight excluding hydrogens is 444 g/mol. The SMILES string of the molecule is O=c1c2ccccc2oc2ccccc12.c1ccc(-c2oc(-c3ccccc3)c3ccccc23)cc1. The Morgan fingerprint density at radius 2 is 0.722 bits per heavy atom. The molecule has 7 rings (SSSR count). The largest absolute Gasteiger partial charge is 0.456 e. The van der Waals surface area contributed by atoms with Crippen LogP contribution >= 0.6 is 0 Å². The molecule has 0 amide bonds. The number of rotatable bonds is 2. The fourth-order valence-corrected chi connectivity index (χ4v) is 4.45. The summed E-state index contributed by atoms with van der Waals surface area (Å²) in [6.07, 6.45) is 0. The first-order valence-electron chi connectivity index (χ1n) is 11.8. The number of fused-ring (bicyclic) bond motifs is 3. The van der Waals surface area contributed by atoms with E-state index in [9.17, 15) is 4.79 Å². The van der Waals surface area contributed by atoms with Gasteiger partial charge >= 0.3 is 0 Å². The lowest BCUT2D eigenvalue weighted by Gasteiger charge is -1.99. The molecule has 0 bridgehead atoms. The average molecular weight is 467 g/mol. The highest BCUT2D eigenvalue weighted by Crippen LogP contribution is 2.38. The molecule has 2 aromatic heterocycles. The number of para-hydroxylation sites is 2. The van der Waals surface area contributed by atoms with Gasteiger partial charge in [-0.05, 0) is 24.3 Å². The van der Waals surface area contributed by atoms with Gasteiger partial charge in [-0.3, -0.25) is 4.79 Å². The highest BCUT2D eigenvalue weighted by Gasteiger charge is 2.15. The van der Waals surface area contributed by atoms with E-state index < -0.39 is 0 Å². The minimum Gasteiger partial charge on any atom is -0.456 e. The Balaban J connectivity index is 0.000000141. The van der Waals surface area contributed by atoms with Crippen molar-refractivity contribution in [2.24, 2.45) is 0 Å². The van der Waals surface area contributed by atoms with Crippen LogP contribution in [0.5, 0.6) is 0 Å². The van der Waals surface area contributed by atoms with E-state index in [4.69, 9.17) is 8.83 Å². The number of hydrogen-bond donors (Lipinski definition) is 0. The molecule has 0 aliphatic carbocycles. The molecule has 0 saturated carbocycles. The second-order valence-corrected chi connectivity index (χ2v) is 8.46. The number of benzene rings is 5. The zero-order valence-electron chi connectivity index (χ0n) is 19.4. The van der Waals surface area contributed by atoms with Gasteiger partial charge in [0.1, 0.15) is 22.7 Å². The van der Waals surface area contributed by atoms with Gasteiger partial charge in [0, 0.05) is 21.9 Å². The van der Waals surface area contributed by atoms with Gasteiger partial charge in [0.15, 0.2) is 0 Å². The minimum atomic E-state index is 0.0347. The second-order valence-electron chi connectivity index (χ2n) is 8.46. The van der Waals surface area contributed by atoms with Gasteiger partial charge in [-0.1, -0.05) is 109 Å². The van der Waals surface area contributed by atoms with Gasteiger partial charge in [-0.2, -0.15) is 0 Å². The van der Waals surface area contributed by atoms with Gasteiger partial charge in [0.05, 0.1) is 10.8 Å². The molecule has 0 saturated heterocycles. The van der Waals surface area contributed by atoms with E-state index in [1.54, 1.807) is 12.1 Å². The molecule has 0 aliphatic heterocycles. The molecule has 0 radical (unpaired) electrons. The fraction of sp³-hybridized carbons (Fsp3) is 0. The van der Waals surface area contributed by atoms with Crippen molar-refractivity contribution in [2.75, 3.05) is 0 Å². The van der Waals surface area contributed by atoms with E-state index in [-0.39, 0.29) is 5.43 Å². The minimum absolute atomic E-state index is 0.0347. The topological polar surface area (TPSA) is 43.4 Å². The van der Waals surface area contributed by atoms with Crippen LogP contribution in [0, 0.1) is 0 Å². The van der Waals surface area contributed by atoms with Crippen molar-refractivity contribution in [3.05, 3.63) is 144 Å². The Kier molecular flexibility index (Phi) is 5.65. The highest BCUT2D eigenvalue weighted by molar-refractivity contribution is 6.02. The quantitative estimate of drug-likeness (QED) is 0.239. The Bertz CT molecular complexity index is 1710. The predicted octanol–water partition coefficient (Wildman–Crippen LogP) is 8.71. The molecule has 36 heavy (non-hydrogen) atoms. The summed E-state index contributed by atoms with van der Waals surface area (Å²) in [5.41, 5.74) is 3.53. The van der Waals surface area contributed by atoms with Crippen LogP contribution in [-0.4, -0.2) is 0 Å².